The predicted molar refractivity (Wildman–Crippen MR) is 142 cm³/mol. The molecule has 0 spiro atoms. The Morgan fingerprint density at radius 1 is 1.05 bits per heavy atom. The van der Waals surface area contributed by atoms with Crippen LogP contribution in [0.15, 0.2) is 49.1 Å². The Labute approximate surface area is 228 Å². The van der Waals surface area contributed by atoms with E-state index >= 15 is 0 Å². The lowest BCUT2D eigenvalue weighted by molar-refractivity contribution is 0.0820. The lowest BCUT2D eigenvalue weighted by Crippen LogP contribution is -2.34. The van der Waals surface area contributed by atoms with Gasteiger partial charge in [0.1, 0.15) is 23.9 Å². The van der Waals surface area contributed by atoms with Gasteiger partial charge in [-0.05, 0) is 64.7 Å². The number of benzene rings is 2. The maximum absolute atomic E-state index is 12.8. The van der Waals surface area contributed by atoms with Crippen LogP contribution in [0.3, 0.4) is 0 Å². The van der Waals surface area contributed by atoms with Crippen molar-refractivity contribution in [3.63, 3.8) is 0 Å². The molecule has 0 unspecified atom stereocenters. The predicted octanol–water partition coefficient (Wildman–Crippen LogP) is 4.63. The number of hydrogen-bond acceptors (Lipinski definition) is 9. The molecule has 5 rings (SSSR count). The maximum Gasteiger partial charge on any atom is 0.251 e. The molecular weight excluding hydrogens is 530 g/mol. The van der Waals surface area contributed by atoms with Crippen LogP contribution in [0, 0.1) is 0 Å². The number of fused-ring (bicyclic) bond motifs is 1. The molecule has 3 heterocycles. The summed E-state index contributed by atoms with van der Waals surface area (Å²) in [7, 11) is 1.57. The van der Waals surface area contributed by atoms with Crippen molar-refractivity contribution in [1.29, 1.82) is 0 Å². The van der Waals surface area contributed by atoms with Crippen molar-refractivity contribution in [2.45, 2.75) is 39.0 Å². The Hall–Kier alpha value is -3.90. The maximum atomic E-state index is 12.8. The minimum Gasteiger partial charge on any atom is -0.495 e. The summed E-state index contributed by atoms with van der Waals surface area (Å²) < 4.78 is 38.8. The molecule has 4 aromatic rings. The molecule has 204 valence electrons. The second-order valence-electron chi connectivity index (χ2n) is 9.22. The van der Waals surface area contributed by atoms with Gasteiger partial charge in [-0.1, -0.05) is 17.7 Å². The van der Waals surface area contributed by atoms with Crippen LogP contribution in [0.4, 0.5) is 20.4 Å². The van der Waals surface area contributed by atoms with Crippen LogP contribution in [0.1, 0.15) is 18.1 Å². The largest absolute Gasteiger partial charge is 0.495 e. The lowest BCUT2D eigenvalue weighted by Gasteiger charge is -2.29. The van der Waals surface area contributed by atoms with Gasteiger partial charge >= 0.3 is 0 Å². The summed E-state index contributed by atoms with van der Waals surface area (Å²) in [5.41, 5.74) is 4.41. The van der Waals surface area contributed by atoms with Gasteiger partial charge < -0.3 is 14.8 Å². The van der Waals surface area contributed by atoms with Gasteiger partial charge in [0, 0.05) is 31.0 Å². The van der Waals surface area contributed by atoms with Crippen molar-refractivity contribution in [3.8, 4) is 22.6 Å². The highest BCUT2D eigenvalue weighted by Crippen LogP contribution is 2.34. The second-order valence-corrected chi connectivity index (χ2v) is 9.63. The summed E-state index contributed by atoms with van der Waals surface area (Å²) in [5, 5.41) is 14.8. The highest BCUT2D eigenvalue weighted by atomic mass is 35.5. The minimum absolute atomic E-state index is 0.219. The summed E-state index contributed by atoms with van der Waals surface area (Å²) in [6.45, 7) is 3.19. The van der Waals surface area contributed by atoms with Gasteiger partial charge in [0.2, 0.25) is 5.95 Å². The molecular formula is C26H27ClF2N8O2. The first kappa shape index (κ1) is 26.7. The zero-order valence-corrected chi connectivity index (χ0v) is 22.1. The van der Waals surface area contributed by atoms with Gasteiger partial charge in [0.05, 0.1) is 30.9 Å². The van der Waals surface area contributed by atoms with Gasteiger partial charge in [-0.25, -0.2) is 23.4 Å². The van der Waals surface area contributed by atoms with Crippen molar-refractivity contribution in [3.05, 3.63) is 65.2 Å². The number of hydrogen-bond donors (Lipinski definition) is 1. The third-order valence-electron chi connectivity index (χ3n) is 6.34. The topological polar surface area (TPSA) is 103 Å². The number of aromatic nitrogens is 6. The molecule has 13 heteroatoms. The molecule has 10 nitrogen and oxygen atoms in total. The number of tetrazole rings is 1. The SMILES string of the molecule is COc1cc2c(cc1Nc1ncc(-c3ccc(Cl)c(O[C@@H](C)Cn4cnnn4)c3)cn1)CCN(CC(F)F)C2. The van der Waals surface area contributed by atoms with Crippen LogP contribution in [0.2, 0.25) is 5.02 Å². The number of halogens is 3. The average Bonchev–Trinajstić information content (AvgIpc) is 3.42. The van der Waals surface area contributed by atoms with Gasteiger partial charge in [-0.3, -0.25) is 4.90 Å². The van der Waals surface area contributed by atoms with Crippen LogP contribution in [0.5, 0.6) is 11.5 Å². The van der Waals surface area contributed by atoms with E-state index in [2.05, 4.69) is 30.8 Å². The molecule has 1 aliphatic rings. The molecule has 0 bridgehead atoms. The zero-order chi connectivity index (χ0) is 27.4. The summed E-state index contributed by atoms with van der Waals surface area (Å²) in [5.74, 6) is 1.52. The van der Waals surface area contributed by atoms with E-state index in [4.69, 9.17) is 21.1 Å². The van der Waals surface area contributed by atoms with E-state index < -0.39 is 6.43 Å². The quantitative estimate of drug-likeness (QED) is 0.299. The lowest BCUT2D eigenvalue weighted by atomic mass is 9.98. The number of nitrogens with one attached hydrogen (secondary N) is 1. The highest BCUT2D eigenvalue weighted by molar-refractivity contribution is 6.32. The van der Waals surface area contributed by atoms with Crippen LogP contribution in [0.25, 0.3) is 11.1 Å². The Balaban J connectivity index is 1.28. The van der Waals surface area contributed by atoms with Crippen LogP contribution in [-0.2, 0) is 19.5 Å². The fourth-order valence-corrected chi connectivity index (χ4v) is 4.64. The molecule has 1 N–H and O–H groups in total. The number of alkyl halides is 2. The first-order valence-corrected chi connectivity index (χ1v) is 12.7. The number of ether oxygens (including phenoxy) is 2. The Morgan fingerprint density at radius 2 is 1.87 bits per heavy atom. The van der Waals surface area contributed by atoms with E-state index in [0.29, 0.717) is 54.2 Å². The second kappa shape index (κ2) is 11.9. The number of methoxy groups -OCH3 is 1. The van der Waals surface area contributed by atoms with Gasteiger partial charge in [-0.2, -0.15) is 0 Å². The van der Waals surface area contributed by atoms with Crippen molar-refractivity contribution in [1.82, 2.24) is 35.1 Å². The van der Waals surface area contributed by atoms with Gasteiger partial charge in [-0.15, -0.1) is 5.10 Å². The van der Waals surface area contributed by atoms with Crippen LogP contribution < -0.4 is 14.8 Å². The summed E-state index contributed by atoms with van der Waals surface area (Å²) in [4.78, 5) is 10.7. The van der Waals surface area contributed by atoms with Crippen molar-refractivity contribution in [2.75, 3.05) is 25.5 Å². The summed E-state index contributed by atoms with van der Waals surface area (Å²) in [6.07, 6.45) is 3.04. The van der Waals surface area contributed by atoms with E-state index in [1.807, 2.05) is 31.2 Å². The standard InChI is InChI=1S/C26H27ClF2N8O2/c1-16(12-37-15-32-34-35-37)39-23-8-17(3-4-21(23)27)20-10-30-26(31-11-20)33-22-7-18-5-6-36(14-25(28)29)13-19(18)9-24(22)38-2/h3-4,7-11,15-16,25H,5-6,12-14H2,1-2H3,(H,30,31,33)/t16-/m0/s1. The molecule has 0 amide bonds. The number of nitrogens with zero attached hydrogens (tertiary/aromatic N) is 7. The minimum atomic E-state index is -2.35. The zero-order valence-electron chi connectivity index (χ0n) is 21.4. The Kier molecular flexibility index (Phi) is 8.13. The normalized spacial score (nSPS) is 14.2. The fourth-order valence-electron chi connectivity index (χ4n) is 4.48. The van der Waals surface area contributed by atoms with E-state index in [9.17, 15) is 8.78 Å². The van der Waals surface area contributed by atoms with Crippen molar-refractivity contribution in [2.24, 2.45) is 0 Å². The molecule has 0 aliphatic carbocycles. The van der Waals surface area contributed by atoms with Gasteiger partial charge in [0.15, 0.2) is 0 Å². The molecule has 1 atom stereocenters. The molecule has 0 radical (unpaired) electrons. The van der Waals surface area contributed by atoms with E-state index in [-0.39, 0.29) is 12.6 Å². The molecule has 2 aromatic heterocycles. The van der Waals surface area contributed by atoms with E-state index in [1.54, 1.807) is 35.2 Å². The van der Waals surface area contributed by atoms with Crippen LogP contribution in [-0.4, -0.2) is 67.8 Å². The van der Waals surface area contributed by atoms with Crippen LogP contribution >= 0.6 is 11.6 Å². The molecule has 0 saturated heterocycles. The van der Waals surface area contributed by atoms with E-state index in [0.717, 1.165) is 22.3 Å². The monoisotopic (exact) mass is 556 g/mol. The smallest absolute Gasteiger partial charge is 0.251 e. The van der Waals surface area contributed by atoms with Gasteiger partial charge in [0.25, 0.3) is 6.43 Å². The fraction of sp³-hybridized carbons (Fsp3) is 0.346. The third kappa shape index (κ3) is 6.58. The number of rotatable bonds is 10. The summed E-state index contributed by atoms with van der Waals surface area (Å²) >= 11 is 6.37. The first-order chi connectivity index (χ1) is 18.9. The molecule has 1 aliphatic heterocycles. The highest BCUT2D eigenvalue weighted by Gasteiger charge is 2.21. The number of anilines is 2. The molecule has 0 saturated carbocycles. The first-order valence-electron chi connectivity index (χ1n) is 12.3. The average molecular weight is 557 g/mol. The third-order valence-corrected chi connectivity index (χ3v) is 6.65. The van der Waals surface area contributed by atoms with E-state index in [1.165, 1.54) is 6.33 Å². The van der Waals surface area contributed by atoms with Crippen molar-refractivity contribution >= 4 is 23.2 Å². The van der Waals surface area contributed by atoms with Crippen molar-refractivity contribution < 1.29 is 18.3 Å². The Morgan fingerprint density at radius 3 is 2.59 bits per heavy atom. The molecule has 2 aromatic carbocycles. The molecule has 39 heavy (non-hydrogen) atoms. The summed E-state index contributed by atoms with van der Waals surface area (Å²) in [6, 6.07) is 9.34. The Bertz CT molecular complexity index is 1410. The molecule has 0 fully saturated rings.